The van der Waals surface area contributed by atoms with Crippen LogP contribution in [0, 0.1) is 0 Å². The molecule has 1 N–H and O–H groups in total. The number of aliphatic hydroxyl groups is 1. The summed E-state index contributed by atoms with van der Waals surface area (Å²) in [6, 6.07) is 0.362. The predicted octanol–water partition coefficient (Wildman–Crippen LogP) is 1.98. The first kappa shape index (κ1) is 12.8. The lowest BCUT2D eigenvalue weighted by molar-refractivity contribution is 0.0989. The molecule has 2 rings (SSSR count). The number of hydrogen-bond acceptors (Lipinski definition) is 5. The second kappa shape index (κ2) is 5.33. The molecule has 4 nitrogen and oxygen atoms in total. The van der Waals surface area contributed by atoms with Crippen molar-refractivity contribution in [2.75, 3.05) is 24.7 Å². The molecule has 5 heteroatoms. The number of morpholine rings is 1. The van der Waals surface area contributed by atoms with Gasteiger partial charge in [0.25, 0.3) is 0 Å². The monoisotopic (exact) mass is 256 g/mol. The number of nitrogens with zero attached hydrogens (tertiary/aromatic N) is 2. The summed E-state index contributed by atoms with van der Waals surface area (Å²) in [5.41, 5.74) is 1.03. The predicted molar refractivity (Wildman–Crippen MR) is 69.8 cm³/mol. The summed E-state index contributed by atoms with van der Waals surface area (Å²) in [4.78, 5) is 7.95. The highest BCUT2D eigenvalue weighted by Gasteiger charge is 2.24. The fourth-order valence-electron chi connectivity index (χ4n) is 2.05. The Bertz CT molecular complexity index is 379. The maximum atomic E-state index is 9.37. The van der Waals surface area contributed by atoms with Crippen molar-refractivity contribution in [1.82, 2.24) is 4.98 Å². The zero-order valence-electron chi connectivity index (χ0n) is 10.6. The lowest BCUT2D eigenvalue weighted by atomic mass is 10.1. The van der Waals surface area contributed by atoms with Gasteiger partial charge in [-0.1, -0.05) is 25.2 Å². The van der Waals surface area contributed by atoms with Crippen LogP contribution in [-0.2, 0) is 11.3 Å². The minimum Gasteiger partial charge on any atom is -0.391 e. The second-order valence-electron chi connectivity index (χ2n) is 4.74. The molecular formula is C12H20N2O2S. The number of ether oxygens (including phenoxy) is 1. The number of rotatable bonds is 3. The van der Waals surface area contributed by atoms with E-state index in [1.807, 2.05) is 0 Å². The minimum atomic E-state index is 0.0872. The molecule has 0 radical (unpaired) electrons. The van der Waals surface area contributed by atoms with Crippen molar-refractivity contribution >= 4 is 16.5 Å². The molecule has 1 unspecified atom stereocenters. The van der Waals surface area contributed by atoms with Crippen molar-refractivity contribution in [2.45, 2.75) is 39.3 Å². The first-order valence-electron chi connectivity index (χ1n) is 6.08. The van der Waals surface area contributed by atoms with Gasteiger partial charge >= 0.3 is 0 Å². The SMILES string of the molecule is CC(C)c1nc(N2CCOCC2C)sc1CO. The molecule has 2 heterocycles. The summed E-state index contributed by atoms with van der Waals surface area (Å²) in [5, 5.41) is 10.4. The molecule has 1 aliphatic heterocycles. The van der Waals surface area contributed by atoms with Gasteiger partial charge in [-0.25, -0.2) is 4.98 Å². The number of anilines is 1. The summed E-state index contributed by atoms with van der Waals surface area (Å²) < 4.78 is 5.43. The van der Waals surface area contributed by atoms with Crippen molar-refractivity contribution in [2.24, 2.45) is 0 Å². The lowest BCUT2D eigenvalue weighted by Crippen LogP contribution is -2.43. The Morgan fingerprint density at radius 1 is 1.59 bits per heavy atom. The van der Waals surface area contributed by atoms with E-state index in [1.165, 1.54) is 0 Å². The van der Waals surface area contributed by atoms with E-state index in [1.54, 1.807) is 11.3 Å². The number of aromatic nitrogens is 1. The van der Waals surface area contributed by atoms with Crippen molar-refractivity contribution in [3.63, 3.8) is 0 Å². The summed E-state index contributed by atoms with van der Waals surface area (Å²) in [5.74, 6) is 0.360. The summed E-state index contributed by atoms with van der Waals surface area (Å²) in [6.45, 7) is 8.86. The Kier molecular flexibility index (Phi) is 4.01. The number of aliphatic hydroxyl groups excluding tert-OH is 1. The molecule has 1 atom stereocenters. The molecule has 17 heavy (non-hydrogen) atoms. The van der Waals surface area contributed by atoms with Crippen LogP contribution in [0.15, 0.2) is 0 Å². The van der Waals surface area contributed by atoms with E-state index in [9.17, 15) is 5.11 Å². The third kappa shape index (κ3) is 2.61. The maximum Gasteiger partial charge on any atom is 0.186 e. The number of hydrogen-bond donors (Lipinski definition) is 1. The van der Waals surface area contributed by atoms with E-state index in [2.05, 4.69) is 30.7 Å². The Morgan fingerprint density at radius 3 is 2.88 bits per heavy atom. The van der Waals surface area contributed by atoms with E-state index in [0.29, 0.717) is 12.0 Å². The lowest BCUT2D eigenvalue weighted by Gasteiger charge is -2.32. The van der Waals surface area contributed by atoms with Crippen LogP contribution in [0.4, 0.5) is 5.13 Å². The molecule has 0 aromatic carbocycles. The molecule has 1 aromatic heterocycles. The Labute approximate surface area is 106 Å². The highest BCUT2D eigenvalue weighted by Crippen LogP contribution is 2.32. The van der Waals surface area contributed by atoms with Crippen molar-refractivity contribution < 1.29 is 9.84 Å². The van der Waals surface area contributed by atoms with Crippen molar-refractivity contribution in [1.29, 1.82) is 0 Å². The fraction of sp³-hybridized carbons (Fsp3) is 0.750. The van der Waals surface area contributed by atoms with Crippen molar-refractivity contribution in [3.05, 3.63) is 10.6 Å². The second-order valence-corrected chi connectivity index (χ2v) is 5.80. The first-order valence-corrected chi connectivity index (χ1v) is 6.90. The molecule has 0 saturated carbocycles. The largest absolute Gasteiger partial charge is 0.391 e. The van der Waals surface area contributed by atoms with Gasteiger partial charge in [-0.3, -0.25) is 0 Å². The molecule has 1 saturated heterocycles. The molecule has 0 spiro atoms. The van der Waals surface area contributed by atoms with Crippen LogP contribution >= 0.6 is 11.3 Å². The van der Waals surface area contributed by atoms with Crippen LogP contribution in [0.5, 0.6) is 0 Å². The Morgan fingerprint density at radius 2 is 2.35 bits per heavy atom. The van der Waals surface area contributed by atoms with Crippen LogP contribution in [-0.4, -0.2) is 35.9 Å². The number of thiazole rings is 1. The van der Waals surface area contributed by atoms with Gasteiger partial charge in [0.2, 0.25) is 0 Å². The first-order chi connectivity index (χ1) is 8.13. The molecular weight excluding hydrogens is 236 g/mol. The molecule has 96 valence electrons. The van der Waals surface area contributed by atoms with Crippen LogP contribution in [0.3, 0.4) is 0 Å². The van der Waals surface area contributed by atoms with Gasteiger partial charge in [0, 0.05) is 6.54 Å². The van der Waals surface area contributed by atoms with Crippen LogP contribution in [0.25, 0.3) is 0 Å². The zero-order chi connectivity index (χ0) is 12.4. The maximum absolute atomic E-state index is 9.37. The Hall–Kier alpha value is -0.650. The van der Waals surface area contributed by atoms with Gasteiger partial charge < -0.3 is 14.7 Å². The average molecular weight is 256 g/mol. The van der Waals surface area contributed by atoms with E-state index in [0.717, 1.165) is 35.5 Å². The molecule has 0 aliphatic carbocycles. The van der Waals surface area contributed by atoms with E-state index < -0.39 is 0 Å². The Balaban J connectivity index is 2.26. The third-order valence-electron chi connectivity index (χ3n) is 3.02. The van der Waals surface area contributed by atoms with Gasteiger partial charge in [0.15, 0.2) is 5.13 Å². The highest BCUT2D eigenvalue weighted by atomic mass is 32.1. The smallest absolute Gasteiger partial charge is 0.186 e. The van der Waals surface area contributed by atoms with Crippen molar-refractivity contribution in [3.8, 4) is 0 Å². The third-order valence-corrected chi connectivity index (χ3v) is 4.11. The van der Waals surface area contributed by atoms with E-state index in [-0.39, 0.29) is 6.61 Å². The van der Waals surface area contributed by atoms with Gasteiger partial charge in [-0.2, -0.15) is 0 Å². The van der Waals surface area contributed by atoms with Gasteiger partial charge in [0.05, 0.1) is 36.4 Å². The summed E-state index contributed by atoms with van der Waals surface area (Å²) >= 11 is 1.61. The quantitative estimate of drug-likeness (QED) is 0.898. The molecule has 1 aromatic rings. The molecule has 1 fully saturated rings. The van der Waals surface area contributed by atoms with E-state index in [4.69, 9.17) is 4.74 Å². The van der Waals surface area contributed by atoms with E-state index >= 15 is 0 Å². The van der Waals surface area contributed by atoms with Gasteiger partial charge in [-0.15, -0.1) is 0 Å². The minimum absolute atomic E-state index is 0.0872. The highest BCUT2D eigenvalue weighted by molar-refractivity contribution is 7.15. The standard InChI is InChI=1S/C12H20N2O2S/c1-8(2)11-10(6-15)17-12(13-11)14-4-5-16-7-9(14)3/h8-9,15H,4-7H2,1-3H3. The van der Waals surface area contributed by atoms with Gasteiger partial charge in [-0.05, 0) is 12.8 Å². The average Bonchev–Trinajstić information content (AvgIpc) is 2.73. The summed E-state index contributed by atoms with van der Waals surface area (Å²) in [6.07, 6.45) is 0. The molecule has 1 aliphatic rings. The van der Waals surface area contributed by atoms with Gasteiger partial charge in [0.1, 0.15) is 0 Å². The van der Waals surface area contributed by atoms with Crippen LogP contribution < -0.4 is 4.90 Å². The molecule has 0 bridgehead atoms. The fourth-order valence-corrected chi connectivity index (χ4v) is 3.25. The zero-order valence-corrected chi connectivity index (χ0v) is 11.5. The van der Waals surface area contributed by atoms with Crippen LogP contribution in [0.2, 0.25) is 0 Å². The van der Waals surface area contributed by atoms with Crippen LogP contribution in [0.1, 0.15) is 37.3 Å². The normalized spacial score (nSPS) is 21.2. The summed E-state index contributed by atoms with van der Waals surface area (Å²) in [7, 11) is 0. The molecule has 0 amide bonds. The topological polar surface area (TPSA) is 45.6 Å².